The monoisotopic (exact) mass is 255 g/mol. The fourth-order valence-corrected chi connectivity index (χ4v) is 1.72. The van der Waals surface area contributed by atoms with Crippen LogP contribution in [0.2, 0.25) is 0 Å². The Morgan fingerprint density at radius 1 is 1.28 bits per heavy atom. The molecule has 0 amide bonds. The molecule has 0 fully saturated rings. The summed E-state index contributed by atoms with van der Waals surface area (Å²) in [6, 6.07) is 5.44. The first kappa shape index (κ1) is 12.6. The zero-order chi connectivity index (χ0) is 13.2. The van der Waals surface area contributed by atoms with E-state index in [4.69, 9.17) is 0 Å². The van der Waals surface area contributed by atoms with Gasteiger partial charge in [0.1, 0.15) is 5.82 Å². The third-order valence-corrected chi connectivity index (χ3v) is 2.50. The Balaban J connectivity index is 2.43. The van der Waals surface area contributed by atoms with Gasteiger partial charge in [-0.05, 0) is 13.1 Å². The summed E-state index contributed by atoms with van der Waals surface area (Å²) in [6.07, 6.45) is -2.96. The van der Waals surface area contributed by atoms with Gasteiger partial charge in [0.25, 0.3) is 0 Å². The highest BCUT2D eigenvalue weighted by Crippen LogP contribution is 2.36. The molecule has 0 aliphatic carbocycles. The summed E-state index contributed by atoms with van der Waals surface area (Å²) >= 11 is 0. The Bertz CT molecular complexity index is 531. The molecule has 1 aromatic carbocycles. The largest absolute Gasteiger partial charge is 0.417 e. The SMILES string of the molecule is CNCc1ncc(-c2ccccc2C(F)(F)F)[nH]1. The molecule has 0 radical (unpaired) electrons. The lowest BCUT2D eigenvalue weighted by atomic mass is 10.1. The molecule has 0 unspecified atom stereocenters. The van der Waals surface area contributed by atoms with E-state index in [1.807, 2.05) is 0 Å². The number of H-pyrrole nitrogens is 1. The van der Waals surface area contributed by atoms with Gasteiger partial charge in [0, 0.05) is 5.56 Å². The summed E-state index contributed by atoms with van der Waals surface area (Å²) < 4.78 is 38.5. The predicted molar refractivity (Wildman–Crippen MR) is 61.8 cm³/mol. The summed E-state index contributed by atoms with van der Waals surface area (Å²) in [6.45, 7) is 0.480. The topological polar surface area (TPSA) is 40.7 Å². The molecule has 0 aliphatic heterocycles. The van der Waals surface area contributed by atoms with Crippen molar-refractivity contribution in [1.29, 1.82) is 0 Å². The molecule has 96 valence electrons. The Morgan fingerprint density at radius 3 is 2.67 bits per heavy atom. The van der Waals surface area contributed by atoms with Crippen molar-refractivity contribution in [2.24, 2.45) is 0 Å². The third kappa shape index (κ3) is 2.53. The molecule has 0 saturated heterocycles. The van der Waals surface area contributed by atoms with E-state index in [-0.39, 0.29) is 5.56 Å². The van der Waals surface area contributed by atoms with E-state index >= 15 is 0 Å². The van der Waals surface area contributed by atoms with Crippen molar-refractivity contribution in [1.82, 2.24) is 15.3 Å². The summed E-state index contributed by atoms with van der Waals surface area (Å²) in [5.74, 6) is 0.601. The molecule has 0 aliphatic rings. The van der Waals surface area contributed by atoms with Crippen LogP contribution in [-0.2, 0) is 12.7 Å². The molecule has 0 atom stereocenters. The number of alkyl halides is 3. The molecule has 0 bridgehead atoms. The van der Waals surface area contributed by atoms with Crippen LogP contribution in [0.25, 0.3) is 11.3 Å². The van der Waals surface area contributed by atoms with Crippen molar-refractivity contribution in [2.75, 3.05) is 7.05 Å². The zero-order valence-corrected chi connectivity index (χ0v) is 9.67. The van der Waals surface area contributed by atoms with Gasteiger partial charge < -0.3 is 10.3 Å². The van der Waals surface area contributed by atoms with Crippen molar-refractivity contribution < 1.29 is 13.2 Å². The zero-order valence-electron chi connectivity index (χ0n) is 9.67. The van der Waals surface area contributed by atoms with Crippen LogP contribution >= 0.6 is 0 Å². The molecule has 2 N–H and O–H groups in total. The molecule has 2 rings (SSSR count). The van der Waals surface area contributed by atoms with E-state index in [0.29, 0.717) is 18.1 Å². The fourth-order valence-electron chi connectivity index (χ4n) is 1.72. The molecule has 0 spiro atoms. The molecule has 1 heterocycles. The van der Waals surface area contributed by atoms with Gasteiger partial charge in [0.15, 0.2) is 0 Å². The number of imidazole rings is 1. The Hall–Kier alpha value is -1.82. The lowest BCUT2D eigenvalue weighted by Crippen LogP contribution is -2.07. The molecular formula is C12H12F3N3. The van der Waals surface area contributed by atoms with Gasteiger partial charge in [-0.2, -0.15) is 13.2 Å². The first-order valence-electron chi connectivity index (χ1n) is 5.37. The maximum absolute atomic E-state index is 12.8. The highest BCUT2D eigenvalue weighted by atomic mass is 19.4. The van der Waals surface area contributed by atoms with Gasteiger partial charge in [0.2, 0.25) is 0 Å². The highest BCUT2D eigenvalue weighted by Gasteiger charge is 2.33. The molecule has 18 heavy (non-hydrogen) atoms. The number of nitrogens with zero attached hydrogens (tertiary/aromatic N) is 1. The number of hydrogen-bond acceptors (Lipinski definition) is 2. The number of hydrogen-bond donors (Lipinski definition) is 2. The summed E-state index contributed by atoms with van der Waals surface area (Å²) in [5.41, 5.74) is -0.183. The number of benzene rings is 1. The van der Waals surface area contributed by atoms with Crippen LogP contribution in [-0.4, -0.2) is 17.0 Å². The van der Waals surface area contributed by atoms with Crippen LogP contribution < -0.4 is 5.32 Å². The maximum atomic E-state index is 12.8. The average Bonchev–Trinajstić information content (AvgIpc) is 2.77. The number of nitrogens with one attached hydrogen (secondary N) is 2. The normalized spacial score (nSPS) is 11.8. The van der Waals surface area contributed by atoms with E-state index in [2.05, 4.69) is 15.3 Å². The highest BCUT2D eigenvalue weighted by molar-refractivity contribution is 5.64. The van der Waals surface area contributed by atoms with Crippen molar-refractivity contribution in [3.05, 3.63) is 41.9 Å². The summed E-state index contributed by atoms with van der Waals surface area (Å²) in [7, 11) is 1.74. The van der Waals surface area contributed by atoms with E-state index in [9.17, 15) is 13.2 Å². The minimum atomic E-state index is -4.37. The first-order chi connectivity index (χ1) is 8.52. The third-order valence-electron chi connectivity index (χ3n) is 2.50. The van der Waals surface area contributed by atoms with E-state index in [0.717, 1.165) is 6.07 Å². The number of halogens is 3. The van der Waals surface area contributed by atoms with Gasteiger partial charge >= 0.3 is 6.18 Å². The van der Waals surface area contributed by atoms with Crippen LogP contribution in [0.1, 0.15) is 11.4 Å². The van der Waals surface area contributed by atoms with Gasteiger partial charge in [-0.3, -0.25) is 0 Å². The van der Waals surface area contributed by atoms with Crippen LogP contribution in [0, 0.1) is 0 Å². The van der Waals surface area contributed by atoms with Crippen molar-refractivity contribution in [3.8, 4) is 11.3 Å². The molecule has 0 saturated carbocycles. The fraction of sp³-hybridized carbons (Fsp3) is 0.250. The lowest BCUT2D eigenvalue weighted by molar-refractivity contribution is -0.137. The smallest absolute Gasteiger partial charge is 0.341 e. The van der Waals surface area contributed by atoms with Crippen LogP contribution in [0.4, 0.5) is 13.2 Å². The second-order valence-electron chi connectivity index (χ2n) is 3.82. The minimum Gasteiger partial charge on any atom is -0.341 e. The standard InChI is InChI=1S/C12H12F3N3/c1-16-7-11-17-6-10(18-11)8-4-2-3-5-9(8)12(13,14)15/h2-6,16H,7H2,1H3,(H,17,18). The second-order valence-corrected chi connectivity index (χ2v) is 3.82. The Labute approximate surface area is 102 Å². The number of aromatic amines is 1. The maximum Gasteiger partial charge on any atom is 0.417 e. The first-order valence-corrected chi connectivity index (χ1v) is 5.37. The molecule has 2 aromatic rings. The second kappa shape index (κ2) is 4.81. The van der Waals surface area contributed by atoms with Crippen molar-refractivity contribution in [3.63, 3.8) is 0 Å². The molecule has 6 heteroatoms. The molecule has 1 aromatic heterocycles. The van der Waals surface area contributed by atoms with Crippen LogP contribution in [0.15, 0.2) is 30.5 Å². The quantitative estimate of drug-likeness (QED) is 0.885. The number of rotatable bonds is 3. The molecular weight excluding hydrogens is 243 g/mol. The summed E-state index contributed by atoms with van der Waals surface area (Å²) in [5, 5.41) is 2.88. The van der Waals surface area contributed by atoms with Gasteiger partial charge in [0.05, 0.1) is 24.0 Å². The summed E-state index contributed by atoms with van der Waals surface area (Å²) in [4.78, 5) is 6.89. The van der Waals surface area contributed by atoms with Gasteiger partial charge in [-0.25, -0.2) is 4.98 Å². The van der Waals surface area contributed by atoms with Gasteiger partial charge in [-0.15, -0.1) is 0 Å². The van der Waals surface area contributed by atoms with Crippen molar-refractivity contribution >= 4 is 0 Å². The van der Waals surface area contributed by atoms with E-state index < -0.39 is 11.7 Å². The van der Waals surface area contributed by atoms with Gasteiger partial charge in [-0.1, -0.05) is 18.2 Å². The van der Waals surface area contributed by atoms with Crippen molar-refractivity contribution in [2.45, 2.75) is 12.7 Å². The Morgan fingerprint density at radius 2 is 2.00 bits per heavy atom. The predicted octanol–water partition coefficient (Wildman–Crippen LogP) is 2.81. The minimum absolute atomic E-state index is 0.111. The van der Waals surface area contributed by atoms with Crippen LogP contribution in [0.5, 0.6) is 0 Å². The lowest BCUT2D eigenvalue weighted by Gasteiger charge is -2.10. The number of aromatic nitrogens is 2. The van der Waals surface area contributed by atoms with Crippen LogP contribution in [0.3, 0.4) is 0 Å². The molecule has 3 nitrogen and oxygen atoms in total. The van der Waals surface area contributed by atoms with E-state index in [1.165, 1.54) is 18.3 Å². The Kier molecular flexibility index (Phi) is 3.38. The average molecular weight is 255 g/mol. The van der Waals surface area contributed by atoms with E-state index in [1.54, 1.807) is 13.1 Å².